The number of imide groups is 1. The first-order valence-corrected chi connectivity index (χ1v) is 5.82. The number of piperidine rings is 1. The average Bonchev–Trinajstić information content (AvgIpc) is 2.76. The number of amides is 3. The molecular formula is C11H14N2O5. The summed E-state index contributed by atoms with van der Waals surface area (Å²) < 4.78 is 0. The van der Waals surface area contributed by atoms with Gasteiger partial charge in [0.05, 0.1) is 0 Å². The predicted molar refractivity (Wildman–Crippen MR) is 58.2 cm³/mol. The maximum atomic E-state index is 11.9. The van der Waals surface area contributed by atoms with Crippen LogP contribution in [-0.4, -0.2) is 46.8 Å². The Morgan fingerprint density at radius 1 is 1.22 bits per heavy atom. The molecule has 0 aromatic rings. The van der Waals surface area contributed by atoms with Crippen molar-refractivity contribution >= 4 is 23.7 Å². The van der Waals surface area contributed by atoms with Crippen molar-refractivity contribution in [2.45, 2.75) is 19.3 Å². The second kappa shape index (κ2) is 4.75. The Balaban J connectivity index is 1.96. The summed E-state index contributed by atoms with van der Waals surface area (Å²) in [6, 6.07) is 0. The molecular weight excluding hydrogens is 240 g/mol. The monoisotopic (exact) mass is 254 g/mol. The molecule has 1 heterocycles. The first-order valence-electron chi connectivity index (χ1n) is 5.82. The average molecular weight is 254 g/mol. The molecule has 3 amide bonds. The van der Waals surface area contributed by atoms with Crippen LogP contribution >= 0.6 is 0 Å². The lowest BCUT2D eigenvalue weighted by Gasteiger charge is -2.28. The maximum absolute atomic E-state index is 11.9. The highest BCUT2D eigenvalue weighted by Crippen LogP contribution is 2.37. The van der Waals surface area contributed by atoms with Crippen LogP contribution in [0.5, 0.6) is 0 Å². The molecule has 2 fully saturated rings. The van der Waals surface area contributed by atoms with E-state index in [-0.39, 0.29) is 30.2 Å². The molecule has 2 rings (SSSR count). The van der Waals surface area contributed by atoms with Gasteiger partial charge in [0.25, 0.3) is 0 Å². The summed E-state index contributed by atoms with van der Waals surface area (Å²) in [6.45, 7) is -0.889. The Morgan fingerprint density at radius 3 is 2.28 bits per heavy atom. The van der Waals surface area contributed by atoms with Crippen molar-refractivity contribution in [3.05, 3.63) is 0 Å². The zero-order chi connectivity index (χ0) is 13.3. The van der Waals surface area contributed by atoms with E-state index in [0.29, 0.717) is 19.3 Å². The number of hydrogen-bond acceptors (Lipinski definition) is 4. The van der Waals surface area contributed by atoms with Crippen molar-refractivity contribution in [1.29, 1.82) is 0 Å². The van der Waals surface area contributed by atoms with Crippen LogP contribution in [0, 0.1) is 11.8 Å². The van der Waals surface area contributed by atoms with Crippen molar-refractivity contribution in [1.82, 2.24) is 10.2 Å². The van der Waals surface area contributed by atoms with Crippen molar-refractivity contribution in [2.24, 2.45) is 11.8 Å². The number of carboxylic acid groups (broad SMARTS) is 1. The Morgan fingerprint density at radius 2 is 1.78 bits per heavy atom. The minimum absolute atomic E-state index is 0.153. The zero-order valence-corrected chi connectivity index (χ0v) is 9.72. The van der Waals surface area contributed by atoms with E-state index in [2.05, 4.69) is 5.32 Å². The minimum atomic E-state index is -1.17. The third kappa shape index (κ3) is 2.34. The van der Waals surface area contributed by atoms with Crippen LogP contribution in [0.15, 0.2) is 0 Å². The molecule has 98 valence electrons. The standard InChI is InChI=1S/C11H14N2O5/c14-8(12-4-9(15)16)5-13-10(17)6-1-2-7(3-6)11(13)18/h6-7H,1-5H2,(H,12,14)(H,15,16). The van der Waals surface area contributed by atoms with E-state index in [9.17, 15) is 19.2 Å². The van der Waals surface area contributed by atoms with Crippen LogP contribution < -0.4 is 5.32 Å². The summed E-state index contributed by atoms with van der Waals surface area (Å²) in [4.78, 5) is 46.4. The fourth-order valence-electron chi connectivity index (χ4n) is 2.51. The van der Waals surface area contributed by atoms with Crippen molar-refractivity contribution in [2.75, 3.05) is 13.1 Å². The number of carboxylic acids is 1. The molecule has 1 aliphatic carbocycles. The number of hydrogen-bond donors (Lipinski definition) is 2. The van der Waals surface area contributed by atoms with Crippen LogP contribution in [0.2, 0.25) is 0 Å². The molecule has 7 nitrogen and oxygen atoms in total. The molecule has 2 unspecified atom stereocenters. The lowest BCUT2D eigenvalue weighted by atomic mass is 9.97. The number of likely N-dealkylation sites (tertiary alicyclic amines) is 1. The maximum Gasteiger partial charge on any atom is 0.322 e. The summed E-state index contributed by atoms with van der Waals surface area (Å²) >= 11 is 0. The van der Waals surface area contributed by atoms with Crippen LogP contribution in [0.25, 0.3) is 0 Å². The van der Waals surface area contributed by atoms with Gasteiger partial charge in [0.15, 0.2) is 0 Å². The van der Waals surface area contributed by atoms with Gasteiger partial charge in [0.2, 0.25) is 17.7 Å². The van der Waals surface area contributed by atoms with Gasteiger partial charge in [-0.25, -0.2) is 0 Å². The number of rotatable bonds is 4. The SMILES string of the molecule is O=C(O)CNC(=O)CN1C(=O)C2CCC(C2)C1=O. The molecule has 2 aliphatic rings. The van der Waals surface area contributed by atoms with Gasteiger partial charge in [-0.1, -0.05) is 0 Å². The molecule has 2 atom stereocenters. The topological polar surface area (TPSA) is 104 Å². The Labute approximate surface area is 103 Å². The minimum Gasteiger partial charge on any atom is -0.480 e. The normalized spacial score (nSPS) is 26.3. The van der Waals surface area contributed by atoms with Crippen LogP contribution in [-0.2, 0) is 19.2 Å². The molecule has 0 radical (unpaired) electrons. The van der Waals surface area contributed by atoms with Gasteiger partial charge in [0, 0.05) is 11.8 Å². The van der Waals surface area contributed by atoms with Gasteiger partial charge in [-0.15, -0.1) is 0 Å². The highest BCUT2D eigenvalue weighted by molar-refractivity contribution is 6.03. The van der Waals surface area contributed by atoms with E-state index in [4.69, 9.17) is 5.11 Å². The summed E-state index contributed by atoms with van der Waals surface area (Å²) in [5, 5.41) is 10.5. The van der Waals surface area contributed by atoms with E-state index in [1.54, 1.807) is 0 Å². The van der Waals surface area contributed by atoms with Crippen LogP contribution in [0.1, 0.15) is 19.3 Å². The quantitative estimate of drug-likeness (QED) is 0.624. The van der Waals surface area contributed by atoms with Gasteiger partial charge in [0.1, 0.15) is 13.1 Å². The lowest BCUT2D eigenvalue weighted by molar-refractivity contribution is -0.155. The van der Waals surface area contributed by atoms with Gasteiger partial charge in [-0.3, -0.25) is 24.1 Å². The summed E-state index contributed by atoms with van der Waals surface area (Å²) in [6.07, 6.45) is 1.98. The number of nitrogens with one attached hydrogen (secondary N) is 1. The molecule has 18 heavy (non-hydrogen) atoms. The van der Waals surface area contributed by atoms with Gasteiger partial charge < -0.3 is 10.4 Å². The summed E-state index contributed by atoms with van der Waals surface area (Å²) in [7, 11) is 0. The second-order valence-electron chi connectivity index (χ2n) is 4.64. The predicted octanol–water partition coefficient (Wildman–Crippen LogP) is -1.03. The molecule has 2 bridgehead atoms. The number of carbonyl (C=O) groups excluding carboxylic acids is 3. The molecule has 0 aromatic carbocycles. The molecule has 0 spiro atoms. The van der Waals surface area contributed by atoms with E-state index in [1.165, 1.54) is 0 Å². The first kappa shape index (κ1) is 12.5. The van der Waals surface area contributed by atoms with Crippen LogP contribution in [0.4, 0.5) is 0 Å². The molecule has 1 saturated carbocycles. The number of nitrogens with zero attached hydrogens (tertiary/aromatic N) is 1. The van der Waals surface area contributed by atoms with Crippen molar-refractivity contribution in [3.8, 4) is 0 Å². The van der Waals surface area contributed by atoms with E-state index in [1.807, 2.05) is 0 Å². The third-order valence-electron chi connectivity index (χ3n) is 3.40. The van der Waals surface area contributed by atoms with Gasteiger partial charge >= 0.3 is 5.97 Å². The van der Waals surface area contributed by atoms with Gasteiger partial charge in [-0.05, 0) is 19.3 Å². The smallest absolute Gasteiger partial charge is 0.322 e. The second-order valence-corrected chi connectivity index (χ2v) is 4.64. The number of aliphatic carboxylic acids is 1. The first-order chi connectivity index (χ1) is 8.49. The van der Waals surface area contributed by atoms with Gasteiger partial charge in [-0.2, -0.15) is 0 Å². The summed E-state index contributed by atoms with van der Waals surface area (Å²) in [5.41, 5.74) is 0. The van der Waals surface area contributed by atoms with E-state index in [0.717, 1.165) is 4.90 Å². The van der Waals surface area contributed by atoms with E-state index < -0.39 is 18.4 Å². The fraction of sp³-hybridized carbons (Fsp3) is 0.636. The number of fused-ring (bicyclic) bond motifs is 2. The molecule has 1 saturated heterocycles. The van der Waals surface area contributed by atoms with Crippen molar-refractivity contribution < 1.29 is 24.3 Å². The lowest BCUT2D eigenvalue weighted by Crippen LogP contribution is -2.50. The third-order valence-corrected chi connectivity index (χ3v) is 3.40. The van der Waals surface area contributed by atoms with Crippen molar-refractivity contribution in [3.63, 3.8) is 0 Å². The zero-order valence-electron chi connectivity index (χ0n) is 9.72. The molecule has 1 aliphatic heterocycles. The summed E-state index contributed by atoms with van der Waals surface area (Å²) in [5.74, 6) is -2.71. The largest absolute Gasteiger partial charge is 0.480 e. The molecule has 0 aromatic heterocycles. The Bertz CT molecular complexity index is 398. The number of carbonyl (C=O) groups is 4. The molecule has 7 heteroatoms. The Hall–Kier alpha value is -1.92. The fourth-order valence-corrected chi connectivity index (χ4v) is 2.51. The highest BCUT2D eigenvalue weighted by atomic mass is 16.4. The molecule has 2 N–H and O–H groups in total. The van der Waals surface area contributed by atoms with E-state index >= 15 is 0 Å². The highest BCUT2D eigenvalue weighted by Gasteiger charge is 2.45. The van der Waals surface area contributed by atoms with Crippen LogP contribution in [0.3, 0.4) is 0 Å². The Kier molecular flexibility index (Phi) is 3.31.